The monoisotopic (exact) mass is 295 g/mol. The zero-order valence-corrected chi connectivity index (χ0v) is 13.3. The van der Waals surface area contributed by atoms with Crippen LogP contribution >= 0.6 is 0 Å². The van der Waals surface area contributed by atoms with Gasteiger partial charge >= 0.3 is 0 Å². The van der Waals surface area contributed by atoms with E-state index >= 15 is 0 Å². The maximum Gasteiger partial charge on any atom is 0.240 e. The fraction of sp³-hybridized carbons (Fsp3) is 0.938. The fourth-order valence-corrected chi connectivity index (χ4v) is 4.19. The van der Waals surface area contributed by atoms with E-state index in [0.29, 0.717) is 6.04 Å². The molecule has 3 fully saturated rings. The van der Waals surface area contributed by atoms with E-state index in [0.717, 1.165) is 58.7 Å². The van der Waals surface area contributed by atoms with Crippen LogP contribution in [0.2, 0.25) is 0 Å². The number of carbonyl (C=O) groups is 1. The van der Waals surface area contributed by atoms with E-state index < -0.39 is 0 Å². The first kappa shape index (κ1) is 15.3. The molecule has 1 amide bonds. The van der Waals surface area contributed by atoms with Crippen molar-refractivity contribution in [1.82, 2.24) is 15.1 Å². The van der Waals surface area contributed by atoms with Crippen molar-refractivity contribution in [3.63, 3.8) is 0 Å². The number of hydrogen-bond acceptors (Lipinski definition) is 4. The van der Waals surface area contributed by atoms with Gasteiger partial charge in [-0.25, -0.2) is 0 Å². The van der Waals surface area contributed by atoms with E-state index in [2.05, 4.69) is 22.2 Å². The second-order valence-electron chi connectivity index (χ2n) is 6.91. The number of nitrogens with one attached hydrogen (secondary N) is 1. The van der Waals surface area contributed by atoms with Crippen molar-refractivity contribution >= 4 is 5.91 Å². The van der Waals surface area contributed by atoms with E-state index in [1.54, 1.807) is 0 Å². The first-order valence-corrected chi connectivity index (χ1v) is 8.53. The molecule has 2 heterocycles. The number of carbonyl (C=O) groups excluding carboxylic acids is 1. The summed E-state index contributed by atoms with van der Waals surface area (Å²) in [6.45, 7) is 5.42. The molecule has 0 aromatic rings. The second kappa shape index (κ2) is 6.63. The minimum Gasteiger partial charge on any atom is -0.379 e. The van der Waals surface area contributed by atoms with Crippen molar-refractivity contribution in [3.8, 4) is 0 Å². The molecule has 21 heavy (non-hydrogen) atoms. The Balaban J connectivity index is 1.69. The van der Waals surface area contributed by atoms with Crippen LogP contribution in [0.3, 0.4) is 0 Å². The molecule has 2 aliphatic heterocycles. The summed E-state index contributed by atoms with van der Waals surface area (Å²) in [5, 5.41) is 3.35. The molecule has 0 radical (unpaired) electrons. The Kier molecular flexibility index (Phi) is 4.82. The Morgan fingerprint density at radius 1 is 1.14 bits per heavy atom. The Morgan fingerprint density at radius 2 is 1.86 bits per heavy atom. The number of amides is 1. The Hall–Kier alpha value is -0.650. The Labute approximate surface area is 128 Å². The lowest BCUT2D eigenvalue weighted by atomic mass is 9.79. The standard InChI is InChI=1S/C16H29N3O2/c1-18-8-5-14(13-18)17-15(20)16(6-3-2-4-7-16)19-9-11-21-12-10-19/h14H,2-13H2,1H3,(H,17,20). The van der Waals surface area contributed by atoms with Gasteiger partial charge in [0.1, 0.15) is 5.54 Å². The molecule has 2 saturated heterocycles. The molecule has 0 aromatic heterocycles. The highest BCUT2D eigenvalue weighted by molar-refractivity contribution is 5.86. The van der Waals surface area contributed by atoms with Gasteiger partial charge in [0.2, 0.25) is 5.91 Å². The van der Waals surface area contributed by atoms with E-state index in [1.807, 2.05) is 0 Å². The maximum absolute atomic E-state index is 13.1. The van der Waals surface area contributed by atoms with Gasteiger partial charge in [-0.05, 0) is 32.9 Å². The molecular weight excluding hydrogens is 266 g/mol. The summed E-state index contributed by atoms with van der Waals surface area (Å²) in [4.78, 5) is 17.8. The van der Waals surface area contributed by atoms with E-state index in [9.17, 15) is 4.79 Å². The van der Waals surface area contributed by atoms with Crippen molar-refractivity contribution < 1.29 is 9.53 Å². The van der Waals surface area contributed by atoms with Crippen LogP contribution in [0.5, 0.6) is 0 Å². The lowest BCUT2D eigenvalue weighted by Gasteiger charge is -2.47. The number of hydrogen-bond donors (Lipinski definition) is 1. The van der Waals surface area contributed by atoms with Crippen LogP contribution in [0.1, 0.15) is 38.5 Å². The number of likely N-dealkylation sites (tertiary alicyclic amines) is 1. The quantitative estimate of drug-likeness (QED) is 0.838. The van der Waals surface area contributed by atoms with Crippen LogP contribution in [-0.2, 0) is 9.53 Å². The smallest absolute Gasteiger partial charge is 0.240 e. The van der Waals surface area contributed by atoms with Crippen LogP contribution in [0.4, 0.5) is 0 Å². The van der Waals surface area contributed by atoms with E-state index in [4.69, 9.17) is 4.74 Å². The number of likely N-dealkylation sites (N-methyl/N-ethyl adjacent to an activating group) is 1. The highest BCUT2D eigenvalue weighted by Crippen LogP contribution is 2.35. The maximum atomic E-state index is 13.1. The van der Waals surface area contributed by atoms with Gasteiger partial charge in [0.15, 0.2) is 0 Å². The minimum absolute atomic E-state index is 0.261. The van der Waals surface area contributed by atoms with Crippen molar-refractivity contribution in [3.05, 3.63) is 0 Å². The SMILES string of the molecule is CN1CCC(NC(=O)C2(N3CCOCC3)CCCCC2)C1. The highest BCUT2D eigenvalue weighted by atomic mass is 16.5. The van der Waals surface area contributed by atoms with Crippen molar-refractivity contribution in [2.75, 3.05) is 46.4 Å². The van der Waals surface area contributed by atoms with E-state index in [-0.39, 0.29) is 11.4 Å². The predicted molar refractivity (Wildman–Crippen MR) is 82.3 cm³/mol. The molecule has 0 bridgehead atoms. The van der Waals surface area contributed by atoms with Gasteiger partial charge in [-0.1, -0.05) is 19.3 Å². The molecule has 5 heteroatoms. The number of nitrogens with zero attached hydrogens (tertiary/aromatic N) is 2. The molecule has 1 atom stereocenters. The molecule has 3 rings (SSSR count). The minimum atomic E-state index is -0.261. The lowest BCUT2D eigenvalue weighted by Crippen LogP contribution is -2.63. The third-order valence-corrected chi connectivity index (χ3v) is 5.45. The Morgan fingerprint density at radius 3 is 2.48 bits per heavy atom. The second-order valence-corrected chi connectivity index (χ2v) is 6.91. The summed E-state index contributed by atoms with van der Waals surface area (Å²) in [5.74, 6) is 0.282. The molecule has 1 aliphatic carbocycles. The van der Waals surface area contributed by atoms with Crippen molar-refractivity contribution in [1.29, 1.82) is 0 Å². The molecule has 1 unspecified atom stereocenters. The van der Waals surface area contributed by atoms with Crippen LogP contribution in [0.25, 0.3) is 0 Å². The molecule has 3 aliphatic rings. The third kappa shape index (κ3) is 3.25. The summed E-state index contributed by atoms with van der Waals surface area (Å²) < 4.78 is 5.48. The number of rotatable bonds is 3. The van der Waals surface area contributed by atoms with Crippen LogP contribution < -0.4 is 5.32 Å². The fourth-order valence-electron chi connectivity index (χ4n) is 4.19. The summed E-state index contributed by atoms with van der Waals surface area (Å²) in [6.07, 6.45) is 6.74. The van der Waals surface area contributed by atoms with E-state index in [1.165, 1.54) is 19.3 Å². The summed E-state index contributed by atoms with van der Waals surface area (Å²) in [6, 6.07) is 0.336. The molecule has 0 spiro atoms. The van der Waals surface area contributed by atoms with Gasteiger partial charge in [-0.15, -0.1) is 0 Å². The van der Waals surface area contributed by atoms with Gasteiger partial charge in [-0.3, -0.25) is 9.69 Å². The van der Waals surface area contributed by atoms with Crippen LogP contribution in [0, 0.1) is 0 Å². The molecule has 1 N–H and O–H groups in total. The summed E-state index contributed by atoms with van der Waals surface area (Å²) in [5.41, 5.74) is -0.261. The molecule has 5 nitrogen and oxygen atoms in total. The molecular formula is C16H29N3O2. The average Bonchev–Trinajstić information content (AvgIpc) is 2.94. The topological polar surface area (TPSA) is 44.8 Å². The zero-order valence-electron chi connectivity index (χ0n) is 13.3. The molecule has 0 aromatic carbocycles. The zero-order chi connectivity index (χ0) is 14.7. The van der Waals surface area contributed by atoms with Crippen LogP contribution in [-0.4, -0.2) is 73.7 Å². The molecule has 1 saturated carbocycles. The lowest BCUT2D eigenvalue weighted by molar-refractivity contribution is -0.140. The van der Waals surface area contributed by atoms with Gasteiger partial charge in [0.25, 0.3) is 0 Å². The van der Waals surface area contributed by atoms with Gasteiger partial charge < -0.3 is 15.0 Å². The average molecular weight is 295 g/mol. The normalized spacial score (nSPS) is 31.2. The largest absolute Gasteiger partial charge is 0.379 e. The number of ether oxygens (including phenoxy) is 1. The molecule has 120 valence electrons. The van der Waals surface area contributed by atoms with Gasteiger partial charge in [-0.2, -0.15) is 0 Å². The van der Waals surface area contributed by atoms with Crippen molar-refractivity contribution in [2.24, 2.45) is 0 Å². The Bertz CT molecular complexity index is 363. The van der Waals surface area contributed by atoms with Gasteiger partial charge in [0.05, 0.1) is 13.2 Å². The van der Waals surface area contributed by atoms with Crippen molar-refractivity contribution in [2.45, 2.75) is 50.1 Å². The first-order chi connectivity index (χ1) is 10.2. The highest BCUT2D eigenvalue weighted by Gasteiger charge is 2.45. The number of morpholine rings is 1. The van der Waals surface area contributed by atoms with Gasteiger partial charge in [0, 0.05) is 25.7 Å². The predicted octanol–water partition coefficient (Wildman–Crippen LogP) is 0.842. The summed E-state index contributed by atoms with van der Waals surface area (Å²) >= 11 is 0. The summed E-state index contributed by atoms with van der Waals surface area (Å²) in [7, 11) is 2.13. The van der Waals surface area contributed by atoms with Crippen LogP contribution in [0.15, 0.2) is 0 Å². The first-order valence-electron chi connectivity index (χ1n) is 8.53. The third-order valence-electron chi connectivity index (χ3n) is 5.45.